The van der Waals surface area contributed by atoms with E-state index < -0.39 is 6.03 Å². The average Bonchev–Trinajstić information content (AvgIpc) is 2.88. The Morgan fingerprint density at radius 2 is 1.38 bits per heavy atom. The number of nitroso groups, excluding NO2 is 1. The maximum atomic E-state index is 11.6. The van der Waals surface area contributed by atoms with Crippen LogP contribution in [0.25, 0.3) is 0 Å². The van der Waals surface area contributed by atoms with Crippen LogP contribution in [0.15, 0.2) is 76.4 Å². The molecule has 0 unspecified atom stereocenters. The fraction of sp³-hybridized carbons (Fsp3) is 0.458. The third-order valence-electron chi connectivity index (χ3n) is 5.54. The Labute approximate surface area is 206 Å². The molecule has 1 aliphatic rings. The summed E-state index contributed by atoms with van der Waals surface area (Å²) in [5.41, 5.74) is 2.01. The minimum atomic E-state index is -0.435. The maximum absolute atomic E-state index is 11.6. The standard InChI is InChI=1S/C14H16N4.C10H18ClN3O2/c1-17(13-9-5-3-6-10-13)15-16-18(2)14-11-7-4-8-12-14;1-8-2-4-9(5-3-8)12-10(15)14(13-16)7-6-11/h3-12H,1-2H3;8-9H,2-7H2,1H3,(H,12,15)/b16-15+;. The molecule has 0 heterocycles. The van der Waals surface area contributed by atoms with Crippen LogP contribution in [-0.4, -0.2) is 43.6 Å². The Kier molecular flexibility index (Phi) is 11.8. The highest BCUT2D eigenvalue weighted by Gasteiger charge is 2.22. The molecule has 1 fully saturated rings. The van der Waals surface area contributed by atoms with Crippen molar-refractivity contribution in [3.05, 3.63) is 65.6 Å². The molecule has 2 amide bonds. The largest absolute Gasteiger partial charge is 0.340 e. The van der Waals surface area contributed by atoms with Crippen molar-refractivity contribution >= 4 is 29.0 Å². The Hall–Kier alpha value is -3.20. The molecule has 184 valence electrons. The van der Waals surface area contributed by atoms with E-state index in [2.05, 4.69) is 28.0 Å². The number of nitrogens with one attached hydrogen (secondary N) is 1. The summed E-state index contributed by atoms with van der Waals surface area (Å²) in [4.78, 5) is 22.0. The van der Waals surface area contributed by atoms with Crippen molar-refractivity contribution in [1.82, 2.24) is 10.3 Å². The van der Waals surface area contributed by atoms with E-state index in [-0.39, 0.29) is 18.5 Å². The monoisotopic (exact) mass is 487 g/mol. The van der Waals surface area contributed by atoms with Crippen LogP contribution in [0.4, 0.5) is 16.2 Å². The number of carbonyl (C=O) groups is 1. The normalized spacial score (nSPS) is 17.3. The lowest BCUT2D eigenvalue weighted by atomic mass is 9.87. The summed E-state index contributed by atoms with van der Waals surface area (Å²) in [6.45, 7) is 2.37. The zero-order chi connectivity index (χ0) is 24.8. The van der Waals surface area contributed by atoms with Crippen LogP contribution in [0.1, 0.15) is 32.6 Å². The number of hydrogen-bond acceptors (Lipinski definition) is 5. The van der Waals surface area contributed by atoms with E-state index in [1.807, 2.05) is 74.8 Å². The second kappa shape index (κ2) is 14.8. The van der Waals surface area contributed by atoms with Crippen molar-refractivity contribution in [3.8, 4) is 0 Å². The first-order valence-electron chi connectivity index (χ1n) is 11.4. The molecule has 1 aliphatic carbocycles. The number of benzene rings is 2. The van der Waals surface area contributed by atoms with Gasteiger partial charge in [-0.1, -0.05) is 43.3 Å². The smallest absolute Gasteiger partial charge is 0.334 e. The van der Waals surface area contributed by atoms with Gasteiger partial charge in [0.05, 0.1) is 23.2 Å². The molecule has 3 rings (SSSR count). The van der Waals surface area contributed by atoms with Gasteiger partial charge in [0.15, 0.2) is 0 Å². The minimum absolute atomic E-state index is 0.153. The van der Waals surface area contributed by atoms with Gasteiger partial charge in [0.1, 0.15) is 0 Å². The fourth-order valence-electron chi connectivity index (χ4n) is 3.42. The molecule has 0 radical (unpaired) electrons. The van der Waals surface area contributed by atoms with Gasteiger partial charge >= 0.3 is 6.03 Å². The Morgan fingerprint density at radius 3 is 1.79 bits per heavy atom. The van der Waals surface area contributed by atoms with Crippen LogP contribution in [0.3, 0.4) is 0 Å². The summed E-state index contributed by atoms with van der Waals surface area (Å²) in [7, 11) is 3.75. The number of urea groups is 1. The van der Waals surface area contributed by atoms with Gasteiger partial charge in [-0.3, -0.25) is 0 Å². The molecule has 0 aliphatic heterocycles. The molecule has 0 bridgehead atoms. The van der Waals surface area contributed by atoms with Gasteiger partial charge in [-0.2, -0.15) is 5.01 Å². The molecule has 0 saturated heterocycles. The second-order valence-corrected chi connectivity index (χ2v) is 8.58. The summed E-state index contributed by atoms with van der Waals surface area (Å²) >= 11 is 5.46. The minimum Gasteiger partial charge on any atom is -0.334 e. The van der Waals surface area contributed by atoms with Gasteiger partial charge < -0.3 is 5.32 Å². The van der Waals surface area contributed by atoms with Gasteiger partial charge in [0, 0.05) is 26.0 Å². The SMILES string of the molecule is CC1CCC(NC(=O)N(CCCl)N=O)CC1.CN(/N=N/N(C)c1ccccc1)c1ccccc1. The number of halogens is 1. The lowest BCUT2D eigenvalue weighted by Gasteiger charge is -2.27. The summed E-state index contributed by atoms with van der Waals surface area (Å²) in [5, 5.41) is 18.1. The lowest BCUT2D eigenvalue weighted by Crippen LogP contribution is -2.44. The van der Waals surface area contributed by atoms with Crippen LogP contribution < -0.4 is 15.3 Å². The van der Waals surface area contributed by atoms with Gasteiger partial charge in [-0.15, -0.1) is 16.5 Å². The molecule has 10 heteroatoms. The Morgan fingerprint density at radius 1 is 0.912 bits per heavy atom. The zero-order valence-electron chi connectivity index (χ0n) is 20.0. The predicted octanol–water partition coefficient (Wildman–Crippen LogP) is 6.04. The Balaban J connectivity index is 0.000000242. The molecule has 1 saturated carbocycles. The Bertz CT molecular complexity index is 830. The van der Waals surface area contributed by atoms with Gasteiger partial charge in [0.25, 0.3) is 0 Å². The molecule has 0 atom stereocenters. The second-order valence-electron chi connectivity index (χ2n) is 8.20. The molecule has 0 aromatic heterocycles. The number of alkyl halides is 1. The first-order chi connectivity index (χ1) is 16.4. The van der Waals surface area contributed by atoms with E-state index in [0.717, 1.165) is 48.0 Å². The summed E-state index contributed by atoms with van der Waals surface area (Å²) in [5.74, 6) is 0.942. The number of rotatable bonds is 8. The van der Waals surface area contributed by atoms with E-state index in [4.69, 9.17) is 11.6 Å². The summed E-state index contributed by atoms with van der Waals surface area (Å²) in [6, 6.07) is 19.5. The zero-order valence-corrected chi connectivity index (χ0v) is 20.8. The molecule has 2 aromatic carbocycles. The molecule has 9 nitrogen and oxygen atoms in total. The third-order valence-corrected chi connectivity index (χ3v) is 5.71. The number of nitrogens with zero attached hydrogens (tertiary/aromatic N) is 6. The van der Waals surface area contributed by atoms with E-state index in [9.17, 15) is 9.70 Å². The highest BCUT2D eigenvalue weighted by molar-refractivity contribution is 6.18. The van der Waals surface area contributed by atoms with Crippen LogP contribution in [0, 0.1) is 10.8 Å². The molecule has 1 N–H and O–H groups in total. The maximum Gasteiger partial charge on any atom is 0.340 e. The predicted molar refractivity (Wildman–Crippen MR) is 138 cm³/mol. The third kappa shape index (κ3) is 9.35. The van der Waals surface area contributed by atoms with E-state index in [0.29, 0.717) is 0 Å². The molecular formula is C24H34ClN7O2. The van der Waals surface area contributed by atoms with E-state index in [1.165, 1.54) is 0 Å². The number of para-hydroxylation sites is 2. The van der Waals surface area contributed by atoms with E-state index in [1.54, 1.807) is 10.0 Å². The molecular weight excluding hydrogens is 454 g/mol. The van der Waals surface area contributed by atoms with Crippen LogP contribution >= 0.6 is 11.6 Å². The van der Waals surface area contributed by atoms with Crippen LogP contribution in [0.5, 0.6) is 0 Å². The fourth-order valence-corrected chi connectivity index (χ4v) is 3.58. The number of carbonyl (C=O) groups excluding carboxylic acids is 1. The lowest BCUT2D eigenvalue weighted by molar-refractivity contribution is 0.191. The summed E-state index contributed by atoms with van der Waals surface area (Å²) < 4.78 is 0. The van der Waals surface area contributed by atoms with Crippen molar-refractivity contribution in [3.63, 3.8) is 0 Å². The van der Waals surface area contributed by atoms with Crippen LogP contribution in [0.2, 0.25) is 0 Å². The van der Waals surface area contributed by atoms with E-state index >= 15 is 0 Å². The highest BCUT2D eigenvalue weighted by Crippen LogP contribution is 2.23. The van der Waals surface area contributed by atoms with Gasteiger partial charge in [-0.25, -0.2) is 14.8 Å². The first kappa shape index (κ1) is 27.0. The van der Waals surface area contributed by atoms with Gasteiger partial charge in [0.2, 0.25) is 0 Å². The van der Waals surface area contributed by atoms with Crippen molar-refractivity contribution in [2.45, 2.75) is 38.6 Å². The summed E-state index contributed by atoms with van der Waals surface area (Å²) in [6.07, 6.45) is 4.19. The average molecular weight is 488 g/mol. The number of anilines is 2. The van der Waals surface area contributed by atoms with Crippen molar-refractivity contribution in [1.29, 1.82) is 0 Å². The molecule has 34 heavy (non-hydrogen) atoms. The first-order valence-corrected chi connectivity index (χ1v) is 11.9. The van der Waals surface area contributed by atoms with Crippen molar-refractivity contribution in [2.75, 3.05) is 36.5 Å². The number of hydrogen-bond donors (Lipinski definition) is 1. The molecule has 0 spiro atoms. The van der Waals surface area contributed by atoms with Crippen molar-refractivity contribution in [2.24, 2.45) is 21.7 Å². The topological polar surface area (TPSA) is 93.0 Å². The highest BCUT2D eigenvalue weighted by atomic mass is 35.5. The number of amides is 2. The molecule has 2 aromatic rings. The van der Waals surface area contributed by atoms with Crippen LogP contribution in [-0.2, 0) is 0 Å². The quantitative estimate of drug-likeness (QED) is 0.212. The van der Waals surface area contributed by atoms with Crippen molar-refractivity contribution < 1.29 is 4.79 Å². The van der Waals surface area contributed by atoms with Gasteiger partial charge in [-0.05, 0) is 66.3 Å².